The number of aromatic nitrogens is 4. The molecular weight excluding hydrogens is 245 g/mol. The molecule has 0 fully saturated rings. The fourth-order valence-electron chi connectivity index (χ4n) is 2.24. The molecule has 0 aliphatic rings. The number of halogens is 1. The summed E-state index contributed by atoms with van der Waals surface area (Å²) >= 11 is 0. The first-order valence-corrected chi connectivity index (χ1v) is 6.04. The highest BCUT2D eigenvalue weighted by Crippen LogP contribution is 2.20. The predicted octanol–water partition coefficient (Wildman–Crippen LogP) is 1.73. The maximum Gasteiger partial charge on any atom is 0.201 e. The van der Waals surface area contributed by atoms with Gasteiger partial charge < -0.3 is 10.3 Å². The van der Waals surface area contributed by atoms with E-state index in [0.717, 1.165) is 17.6 Å². The summed E-state index contributed by atoms with van der Waals surface area (Å²) in [5, 5.41) is 4.12. The zero-order valence-electron chi connectivity index (χ0n) is 10.5. The van der Waals surface area contributed by atoms with E-state index >= 15 is 0 Å². The van der Waals surface area contributed by atoms with Crippen LogP contribution in [0.15, 0.2) is 30.5 Å². The molecule has 0 aliphatic carbocycles. The standard InChI is InChI=1S/C13H14FN5/c1-18-9(5-7-16-18)6-8-19-11-4-2-3-10(14)12(11)17-13(19)15/h2-5,7H,6,8H2,1H3,(H2,15,17). The number of aryl methyl sites for hydroxylation is 3. The Labute approximate surface area is 109 Å². The summed E-state index contributed by atoms with van der Waals surface area (Å²) in [5.41, 5.74) is 8.00. The van der Waals surface area contributed by atoms with Gasteiger partial charge in [-0.05, 0) is 18.2 Å². The first kappa shape index (κ1) is 11.7. The van der Waals surface area contributed by atoms with Crippen molar-refractivity contribution < 1.29 is 4.39 Å². The van der Waals surface area contributed by atoms with Gasteiger partial charge in [-0.25, -0.2) is 9.37 Å². The van der Waals surface area contributed by atoms with Crippen molar-refractivity contribution in [2.75, 3.05) is 5.73 Å². The van der Waals surface area contributed by atoms with Crippen molar-refractivity contribution in [1.82, 2.24) is 19.3 Å². The molecule has 3 aromatic rings. The Morgan fingerprint density at radius 3 is 2.89 bits per heavy atom. The van der Waals surface area contributed by atoms with Gasteiger partial charge >= 0.3 is 0 Å². The van der Waals surface area contributed by atoms with Crippen molar-refractivity contribution in [3.63, 3.8) is 0 Å². The third kappa shape index (κ3) is 1.95. The lowest BCUT2D eigenvalue weighted by Crippen LogP contribution is -2.08. The lowest BCUT2D eigenvalue weighted by atomic mass is 10.2. The average Bonchev–Trinajstić information content (AvgIpc) is 2.92. The van der Waals surface area contributed by atoms with E-state index in [9.17, 15) is 4.39 Å². The molecule has 3 rings (SSSR count). The van der Waals surface area contributed by atoms with Gasteiger partial charge in [-0.15, -0.1) is 0 Å². The van der Waals surface area contributed by atoms with Crippen LogP contribution in [0, 0.1) is 5.82 Å². The van der Waals surface area contributed by atoms with Gasteiger partial charge in [0.15, 0.2) is 5.82 Å². The minimum absolute atomic E-state index is 0.324. The van der Waals surface area contributed by atoms with Gasteiger partial charge in [-0.2, -0.15) is 5.10 Å². The summed E-state index contributed by atoms with van der Waals surface area (Å²) < 4.78 is 17.3. The van der Waals surface area contributed by atoms with Crippen molar-refractivity contribution in [2.24, 2.45) is 7.05 Å². The van der Waals surface area contributed by atoms with Crippen LogP contribution < -0.4 is 5.73 Å². The number of hydrogen-bond acceptors (Lipinski definition) is 3. The van der Waals surface area contributed by atoms with Crippen LogP contribution in [0.2, 0.25) is 0 Å². The number of nitrogen functional groups attached to an aromatic ring is 1. The summed E-state index contributed by atoms with van der Waals surface area (Å²) in [5.74, 6) is -0.00856. The fourth-order valence-corrected chi connectivity index (χ4v) is 2.24. The number of nitrogens with two attached hydrogens (primary N) is 1. The van der Waals surface area contributed by atoms with Gasteiger partial charge in [-0.1, -0.05) is 6.07 Å². The Bertz CT molecular complexity index is 728. The number of imidazole rings is 1. The molecule has 0 spiro atoms. The molecule has 0 aliphatic heterocycles. The summed E-state index contributed by atoms with van der Waals surface area (Å²) in [4.78, 5) is 4.08. The Balaban J connectivity index is 1.95. The Morgan fingerprint density at radius 1 is 1.32 bits per heavy atom. The van der Waals surface area contributed by atoms with Gasteiger partial charge in [-0.3, -0.25) is 4.68 Å². The Kier molecular flexibility index (Phi) is 2.70. The van der Waals surface area contributed by atoms with Crippen LogP contribution >= 0.6 is 0 Å². The molecule has 0 saturated heterocycles. The normalized spacial score (nSPS) is 11.3. The fraction of sp³-hybridized carbons (Fsp3) is 0.231. The van der Waals surface area contributed by atoms with Crippen LogP contribution in [0.3, 0.4) is 0 Å². The third-order valence-corrected chi connectivity index (χ3v) is 3.27. The molecule has 5 nitrogen and oxygen atoms in total. The minimum atomic E-state index is -0.344. The van der Waals surface area contributed by atoms with Gasteiger partial charge in [0.2, 0.25) is 5.95 Å². The number of nitrogens with zero attached hydrogens (tertiary/aromatic N) is 4. The maximum atomic E-state index is 13.6. The highest BCUT2D eigenvalue weighted by molar-refractivity contribution is 5.78. The quantitative estimate of drug-likeness (QED) is 0.779. The van der Waals surface area contributed by atoms with Crippen LogP contribution in [0.25, 0.3) is 11.0 Å². The third-order valence-electron chi connectivity index (χ3n) is 3.27. The summed E-state index contributed by atoms with van der Waals surface area (Å²) in [7, 11) is 1.89. The van der Waals surface area contributed by atoms with Crippen LogP contribution in [-0.2, 0) is 20.0 Å². The first-order valence-electron chi connectivity index (χ1n) is 6.04. The maximum absolute atomic E-state index is 13.6. The largest absolute Gasteiger partial charge is 0.369 e. The first-order chi connectivity index (χ1) is 9.16. The van der Waals surface area contributed by atoms with Crippen molar-refractivity contribution in [3.05, 3.63) is 42.0 Å². The lowest BCUT2D eigenvalue weighted by Gasteiger charge is -2.06. The smallest absolute Gasteiger partial charge is 0.201 e. The second-order valence-electron chi connectivity index (χ2n) is 4.43. The predicted molar refractivity (Wildman–Crippen MR) is 71.0 cm³/mol. The summed E-state index contributed by atoms with van der Waals surface area (Å²) in [6, 6.07) is 6.83. The van der Waals surface area contributed by atoms with E-state index in [1.807, 2.05) is 28.4 Å². The van der Waals surface area contributed by atoms with E-state index in [1.54, 1.807) is 12.3 Å². The average molecular weight is 259 g/mol. The zero-order chi connectivity index (χ0) is 13.4. The summed E-state index contributed by atoms with van der Waals surface area (Å²) in [6.07, 6.45) is 2.52. The van der Waals surface area contributed by atoms with Gasteiger partial charge in [0, 0.05) is 31.9 Å². The van der Waals surface area contributed by atoms with Crippen LogP contribution in [0.4, 0.5) is 10.3 Å². The highest BCUT2D eigenvalue weighted by atomic mass is 19.1. The van der Waals surface area contributed by atoms with Gasteiger partial charge in [0.05, 0.1) is 5.52 Å². The SMILES string of the molecule is Cn1nccc1CCn1c(N)nc2c(F)cccc21. The molecule has 0 saturated carbocycles. The molecule has 19 heavy (non-hydrogen) atoms. The number of anilines is 1. The lowest BCUT2D eigenvalue weighted by molar-refractivity contribution is 0.636. The molecule has 2 heterocycles. The van der Waals surface area contributed by atoms with E-state index in [-0.39, 0.29) is 5.82 Å². The minimum Gasteiger partial charge on any atom is -0.369 e. The highest BCUT2D eigenvalue weighted by Gasteiger charge is 2.11. The number of fused-ring (bicyclic) bond motifs is 1. The molecule has 0 atom stereocenters. The number of para-hydroxylation sites is 1. The second kappa shape index (κ2) is 4.38. The topological polar surface area (TPSA) is 61.7 Å². The van der Waals surface area contributed by atoms with E-state index < -0.39 is 0 Å². The van der Waals surface area contributed by atoms with Gasteiger partial charge in [0.1, 0.15) is 5.52 Å². The van der Waals surface area contributed by atoms with Crippen molar-refractivity contribution in [2.45, 2.75) is 13.0 Å². The molecule has 0 unspecified atom stereocenters. The molecule has 98 valence electrons. The van der Waals surface area contributed by atoms with Crippen LogP contribution in [0.5, 0.6) is 0 Å². The van der Waals surface area contributed by atoms with Crippen LogP contribution in [-0.4, -0.2) is 19.3 Å². The number of benzene rings is 1. The van der Waals surface area contributed by atoms with Crippen molar-refractivity contribution in [1.29, 1.82) is 0 Å². The summed E-state index contributed by atoms with van der Waals surface area (Å²) in [6.45, 7) is 0.644. The molecule has 0 bridgehead atoms. The molecule has 2 aromatic heterocycles. The molecule has 0 amide bonds. The van der Waals surface area contributed by atoms with E-state index in [0.29, 0.717) is 18.0 Å². The van der Waals surface area contributed by atoms with E-state index in [4.69, 9.17) is 5.73 Å². The van der Waals surface area contributed by atoms with E-state index in [2.05, 4.69) is 10.1 Å². The number of rotatable bonds is 3. The molecule has 6 heteroatoms. The van der Waals surface area contributed by atoms with E-state index in [1.165, 1.54) is 6.07 Å². The molecule has 2 N–H and O–H groups in total. The second-order valence-corrected chi connectivity index (χ2v) is 4.43. The monoisotopic (exact) mass is 259 g/mol. The molecule has 0 radical (unpaired) electrons. The zero-order valence-corrected chi connectivity index (χ0v) is 10.5. The van der Waals surface area contributed by atoms with Crippen molar-refractivity contribution in [3.8, 4) is 0 Å². The Hall–Kier alpha value is -2.37. The van der Waals surface area contributed by atoms with Gasteiger partial charge in [0.25, 0.3) is 0 Å². The molecular formula is C13H14FN5. The van der Waals surface area contributed by atoms with Crippen molar-refractivity contribution >= 4 is 17.0 Å². The van der Waals surface area contributed by atoms with Crippen LogP contribution in [0.1, 0.15) is 5.69 Å². The molecule has 1 aromatic carbocycles. The number of hydrogen-bond donors (Lipinski definition) is 1. The Morgan fingerprint density at radius 2 is 2.16 bits per heavy atom.